The highest BCUT2D eigenvalue weighted by molar-refractivity contribution is 7.98. The Morgan fingerprint density at radius 1 is 1.04 bits per heavy atom. The average Bonchev–Trinajstić information content (AvgIpc) is 2.68. The highest BCUT2D eigenvalue weighted by Crippen LogP contribution is 2.31. The molecule has 0 fully saturated rings. The standard InChI is InChI=1S/C21H19ClN4S/c1-13(2)14-6-10-17(11-7-14)24-20-18(12-23)19(25-21(26-20)27-3)15-4-8-16(22)9-5-15/h4-11,13H,1-3H3,(H,24,25,26). The summed E-state index contributed by atoms with van der Waals surface area (Å²) in [5.74, 6) is 0.964. The Bertz CT molecular complexity index is 977. The minimum Gasteiger partial charge on any atom is -0.339 e. The maximum absolute atomic E-state index is 9.77. The summed E-state index contributed by atoms with van der Waals surface area (Å²) in [5, 5.41) is 14.3. The number of rotatable bonds is 5. The summed E-state index contributed by atoms with van der Waals surface area (Å²) >= 11 is 7.42. The summed E-state index contributed by atoms with van der Waals surface area (Å²) in [6, 6.07) is 17.7. The number of nitrogens with zero attached hydrogens (tertiary/aromatic N) is 3. The fourth-order valence-corrected chi connectivity index (χ4v) is 3.12. The van der Waals surface area contributed by atoms with E-state index in [1.165, 1.54) is 17.3 Å². The second-order valence-corrected chi connectivity index (χ2v) is 7.51. The van der Waals surface area contributed by atoms with E-state index in [9.17, 15) is 5.26 Å². The molecule has 0 atom stereocenters. The molecule has 1 heterocycles. The van der Waals surface area contributed by atoms with Crippen molar-refractivity contribution in [1.82, 2.24) is 9.97 Å². The van der Waals surface area contributed by atoms with Gasteiger partial charge in [0.1, 0.15) is 11.6 Å². The minimum absolute atomic E-state index is 0.406. The SMILES string of the molecule is CSc1nc(Nc2ccc(C(C)C)cc2)c(C#N)c(-c2ccc(Cl)cc2)n1. The maximum atomic E-state index is 9.77. The number of nitriles is 1. The fraction of sp³-hybridized carbons (Fsp3) is 0.190. The molecule has 0 bridgehead atoms. The van der Waals surface area contributed by atoms with Crippen LogP contribution in [0.25, 0.3) is 11.3 Å². The second kappa shape index (κ2) is 8.43. The third-order valence-corrected chi connectivity index (χ3v) is 4.94. The molecule has 0 unspecified atom stereocenters. The lowest BCUT2D eigenvalue weighted by Crippen LogP contribution is -2.03. The summed E-state index contributed by atoms with van der Waals surface area (Å²) in [7, 11) is 0. The van der Waals surface area contributed by atoms with Crippen molar-refractivity contribution in [2.75, 3.05) is 11.6 Å². The van der Waals surface area contributed by atoms with Gasteiger partial charge in [-0.3, -0.25) is 0 Å². The Hall–Kier alpha value is -2.55. The highest BCUT2D eigenvalue weighted by atomic mass is 35.5. The van der Waals surface area contributed by atoms with E-state index in [0.29, 0.717) is 33.2 Å². The Morgan fingerprint density at radius 2 is 1.70 bits per heavy atom. The summed E-state index contributed by atoms with van der Waals surface area (Å²) < 4.78 is 0. The van der Waals surface area contributed by atoms with Gasteiger partial charge >= 0.3 is 0 Å². The number of thioether (sulfide) groups is 1. The molecule has 1 N–H and O–H groups in total. The van der Waals surface area contributed by atoms with Crippen LogP contribution in [0.2, 0.25) is 5.02 Å². The molecule has 0 radical (unpaired) electrons. The van der Waals surface area contributed by atoms with E-state index in [1.54, 1.807) is 12.1 Å². The molecule has 0 aliphatic carbocycles. The molecule has 0 spiro atoms. The smallest absolute Gasteiger partial charge is 0.189 e. The first kappa shape index (κ1) is 19.2. The van der Waals surface area contributed by atoms with Crippen LogP contribution >= 0.6 is 23.4 Å². The molecule has 0 aliphatic rings. The van der Waals surface area contributed by atoms with E-state index < -0.39 is 0 Å². The van der Waals surface area contributed by atoms with Crippen molar-refractivity contribution in [3.05, 3.63) is 64.7 Å². The lowest BCUT2D eigenvalue weighted by molar-refractivity contribution is 0.867. The summed E-state index contributed by atoms with van der Waals surface area (Å²) in [5.41, 5.74) is 3.96. The molecule has 0 saturated carbocycles. The zero-order valence-electron chi connectivity index (χ0n) is 15.3. The van der Waals surface area contributed by atoms with Crippen molar-refractivity contribution >= 4 is 34.9 Å². The van der Waals surface area contributed by atoms with E-state index in [0.717, 1.165) is 11.3 Å². The number of hydrogen-bond acceptors (Lipinski definition) is 5. The predicted octanol–water partition coefficient (Wildman–Crippen LogP) is 6.26. The summed E-state index contributed by atoms with van der Waals surface area (Å²) in [6.45, 7) is 4.31. The molecular weight excluding hydrogens is 376 g/mol. The normalized spacial score (nSPS) is 10.7. The maximum Gasteiger partial charge on any atom is 0.189 e. The van der Waals surface area contributed by atoms with Gasteiger partial charge in [0.05, 0.1) is 5.69 Å². The Kier molecular flexibility index (Phi) is 6.00. The third-order valence-electron chi connectivity index (χ3n) is 4.14. The zero-order valence-corrected chi connectivity index (χ0v) is 16.9. The number of hydrogen-bond donors (Lipinski definition) is 1. The molecule has 3 rings (SSSR count). The van der Waals surface area contributed by atoms with Gasteiger partial charge in [0.25, 0.3) is 0 Å². The average molecular weight is 395 g/mol. The molecule has 2 aromatic carbocycles. The van der Waals surface area contributed by atoms with Gasteiger partial charge in [0.2, 0.25) is 0 Å². The fourth-order valence-electron chi connectivity index (χ4n) is 2.63. The number of benzene rings is 2. The van der Waals surface area contributed by atoms with E-state index in [1.807, 2.05) is 30.5 Å². The van der Waals surface area contributed by atoms with E-state index in [-0.39, 0.29) is 0 Å². The molecule has 4 nitrogen and oxygen atoms in total. The predicted molar refractivity (Wildman–Crippen MR) is 113 cm³/mol. The number of nitrogens with one attached hydrogen (secondary N) is 1. The largest absolute Gasteiger partial charge is 0.339 e. The van der Waals surface area contributed by atoms with E-state index >= 15 is 0 Å². The van der Waals surface area contributed by atoms with Gasteiger partial charge in [-0.2, -0.15) is 5.26 Å². The first-order chi connectivity index (χ1) is 13.0. The van der Waals surface area contributed by atoms with Gasteiger partial charge < -0.3 is 5.32 Å². The van der Waals surface area contributed by atoms with Gasteiger partial charge in [-0.05, 0) is 42.0 Å². The van der Waals surface area contributed by atoms with Crippen LogP contribution in [0.1, 0.15) is 30.9 Å². The van der Waals surface area contributed by atoms with Gasteiger partial charge in [-0.1, -0.05) is 61.5 Å². The molecule has 27 heavy (non-hydrogen) atoms. The first-order valence-electron chi connectivity index (χ1n) is 8.51. The lowest BCUT2D eigenvalue weighted by Gasteiger charge is -2.13. The van der Waals surface area contributed by atoms with Gasteiger partial charge in [0.15, 0.2) is 11.0 Å². The quantitative estimate of drug-likeness (QED) is 0.409. The number of halogens is 1. The van der Waals surface area contributed by atoms with Crippen LogP contribution < -0.4 is 5.32 Å². The van der Waals surface area contributed by atoms with Crippen LogP contribution in [-0.4, -0.2) is 16.2 Å². The first-order valence-corrected chi connectivity index (χ1v) is 10.1. The van der Waals surface area contributed by atoms with Crippen molar-refractivity contribution in [1.29, 1.82) is 5.26 Å². The second-order valence-electron chi connectivity index (χ2n) is 6.30. The van der Waals surface area contributed by atoms with Gasteiger partial charge in [0, 0.05) is 16.3 Å². The zero-order chi connectivity index (χ0) is 19.4. The molecule has 1 aromatic heterocycles. The molecule has 6 heteroatoms. The summed E-state index contributed by atoms with van der Waals surface area (Å²) in [6.07, 6.45) is 1.91. The molecular formula is C21H19ClN4S. The number of aromatic nitrogens is 2. The highest BCUT2D eigenvalue weighted by Gasteiger charge is 2.16. The monoisotopic (exact) mass is 394 g/mol. The topological polar surface area (TPSA) is 61.6 Å². The van der Waals surface area contributed by atoms with Crippen molar-refractivity contribution in [2.24, 2.45) is 0 Å². The molecule has 136 valence electrons. The third kappa shape index (κ3) is 4.41. The molecule has 0 aliphatic heterocycles. The minimum atomic E-state index is 0.406. The summed E-state index contributed by atoms with van der Waals surface area (Å²) in [4.78, 5) is 9.06. The Labute approximate surface area is 168 Å². The van der Waals surface area contributed by atoms with Crippen LogP contribution in [-0.2, 0) is 0 Å². The number of anilines is 2. The molecule has 0 amide bonds. The van der Waals surface area contributed by atoms with Crippen LogP contribution in [0.15, 0.2) is 53.7 Å². The van der Waals surface area contributed by atoms with Crippen LogP contribution in [0.4, 0.5) is 11.5 Å². The van der Waals surface area contributed by atoms with Crippen molar-refractivity contribution < 1.29 is 0 Å². The lowest BCUT2D eigenvalue weighted by atomic mass is 10.0. The van der Waals surface area contributed by atoms with E-state index in [2.05, 4.69) is 47.3 Å². The molecule has 3 aromatic rings. The Balaban J connectivity index is 2.05. The van der Waals surface area contributed by atoms with Crippen LogP contribution in [0, 0.1) is 11.3 Å². The van der Waals surface area contributed by atoms with Crippen LogP contribution in [0.5, 0.6) is 0 Å². The Morgan fingerprint density at radius 3 is 2.26 bits per heavy atom. The van der Waals surface area contributed by atoms with E-state index in [4.69, 9.17) is 11.6 Å². The van der Waals surface area contributed by atoms with Gasteiger partial charge in [-0.15, -0.1) is 0 Å². The van der Waals surface area contributed by atoms with Crippen molar-refractivity contribution in [3.63, 3.8) is 0 Å². The molecule has 0 saturated heterocycles. The van der Waals surface area contributed by atoms with Crippen LogP contribution in [0.3, 0.4) is 0 Å². The van der Waals surface area contributed by atoms with Gasteiger partial charge in [-0.25, -0.2) is 9.97 Å². The van der Waals surface area contributed by atoms with Crippen molar-refractivity contribution in [2.45, 2.75) is 24.9 Å². The van der Waals surface area contributed by atoms with Crippen molar-refractivity contribution in [3.8, 4) is 17.3 Å².